The van der Waals surface area contributed by atoms with E-state index in [1.165, 1.54) is 0 Å². The largest absolute Gasteiger partial charge is 0.385 e. The number of hydrogen-bond donors (Lipinski definition) is 1. The Morgan fingerprint density at radius 3 is 2.71 bits per heavy atom. The molecule has 0 aliphatic carbocycles. The first-order valence-corrected chi connectivity index (χ1v) is 6.32. The number of nitrogens with zero attached hydrogens (tertiary/aromatic N) is 2. The predicted molar refractivity (Wildman–Crippen MR) is 71.5 cm³/mol. The number of hydrogen-bond acceptors (Lipinski definition) is 3. The molecule has 98 valence electrons. The molecule has 0 bridgehead atoms. The van der Waals surface area contributed by atoms with Crippen molar-refractivity contribution >= 4 is 5.95 Å². The normalized spacial score (nSPS) is 13.1. The average molecular weight is 239 g/mol. The monoisotopic (exact) mass is 239 g/mol. The van der Waals surface area contributed by atoms with Crippen LogP contribution in [0.2, 0.25) is 0 Å². The lowest BCUT2D eigenvalue weighted by Crippen LogP contribution is -2.15. The van der Waals surface area contributed by atoms with E-state index >= 15 is 0 Å². The number of aryl methyl sites for hydroxylation is 1. The Labute approximate surface area is 104 Å². The van der Waals surface area contributed by atoms with Crippen molar-refractivity contribution < 1.29 is 4.74 Å². The molecule has 1 aromatic heterocycles. The van der Waals surface area contributed by atoms with Crippen LogP contribution in [0.3, 0.4) is 0 Å². The highest BCUT2D eigenvalue weighted by Crippen LogP contribution is 2.18. The second-order valence-corrected chi connectivity index (χ2v) is 5.02. The van der Waals surface area contributed by atoms with E-state index in [9.17, 15) is 0 Å². The van der Waals surface area contributed by atoms with Crippen LogP contribution in [0.4, 0.5) is 5.95 Å². The van der Waals surface area contributed by atoms with E-state index in [4.69, 9.17) is 4.74 Å². The Balaban J connectivity index is 2.69. The molecule has 4 heteroatoms. The van der Waals surface area contributed by atoms with Crippen molar-refractivity contribution in [1.82, 2.24) is 9.55 Å². The fourth-order valence-electron chi connectivity index (χ4n) is 1.71. The van der Waals surface area contributed by atoms with E-state index in [1.807, 2.05) is 6.92 Å². The molecule has 1 aromatic rings. The summed E-state index contributed by atoms with van der Waals surface area (Å²) in [4.78, 5) is 4.52. The molecule has 17 heavy (non-hydrogen) atoms. The minimum Gasteiger partial charge on any atom is -0.385 e. The molecule has 0 radical (unpaired) electrons. The maximum atomic E-state index is 5.12. The van der Waals surface area contributed by atoms with E-state index in [2.05, 4.69) is 41.8 Å². The smallest absolute Gasteiger partial charge is 0.203 e. The summed E-state index contributed by atoms with van der Waals surface area (Å²) in [5, 5.41) is 3.40. The summed E-state index contributed by atoms with van der Waals surface area (Å²) < 4.78 is 7.33. The molecule has 0 aliphatic rings. The molecule has 0 aromatic carbocycles. The highest BCUT2D eigenvalue weighted by Gasteiger charge is 2.11. The van der Waals surface area contributed by atoms with Crippen LogP contribution in [0.25, 0.3) is 0 Å². The Bertz CT molecular complexity index is 333. The fourth-order valence-corrected chi connectivity index (χ4v) is 1.71. The zero-order valence-electron chi connectivity index (χ0n) is 11.7. The first-order valence-electron chi connectivity index (χ1n) is 6.32. The maximum Gasteiger partial charge on any atom is 0.203 e. The summed E-state index contributed by atoms with van der Waals surface area (Å²) in [6, 6.07) is 0.408. The molecule has 0 saturated heterocycles. The molecule has 0 saturated carbocycles. The molecule has 0 aliphatic heterocycles. The predicted octanol–water partition coefficient (Wildman–Crippen LogP) is 2.86. The Morgan fingerprint density at radius 1 is 1.41 bits per heavy atom. The van der Waals surface area contributed by atoms with Gasteiger partial charge < -0.3 is 14.6 Å². The Hall–Kier alpha value is -1.03. The van der Waals surface area contributed by atoms with E-state index < -0.39 is 0 Å². The molecular weight excluding hydrogens is 214 g/mol. The summed E-state index contributed by atoms with van der Waals surface area (Å²) in [5.41, 5.74) is 1.06. The molecule has 4 nitrogen and oxygen atoms in total. The summed E-state index contributed by atoms with van der Waals surface area (Å²) in [5.74, 6) is 1.59. The van der Waals surface area contributed by atoms with Gasteiger partial charge in [0.15, 0.2) is 0 Å². The third-order valence-electron chi connectivity index (χ3n) is 2.74. The van der Waals surface area contributed by atoms with Crippen molar-refractivity contribution in [1.29, 1.82) is 0 Å². The van der Waals surface area contributed by atoms with Crippen LogP contribution in [0.1, 0.15) is 38.9 Å². The van der Waals surface area contributed by atoms with Gasteiger partial charge in [-0.3, -0.25) is 0 Å². The van der Waals surface area contributed by atoms with Crippen molar-refractivity contribution in [2.45, 2.75) is 40.2 Å². The number of ether oxygens (including phenoxy) is 1. The van der Waals surface area contributed by atoms with Gasteiger partial charge in [-0.25, -0.2) is 4.98 Å². The number of methoxy groups -OCH3 is 1. The van der Waals surface area contributed by atoms with Crippen LogP contribution in [0.5, 0.6) is 0 Å². The lowest BCUT2D eigenvalue weighted by atomic mass is 10.2. The second-order valence-electron chi connectivity index (χ2n) is 5.02. The van der Waals surface area contributed by atoms with Gasteiger partial charge >= 0.3 is 0 Å². The molecule has 0 amide bonds. The minimum absolute atomic E-state index is 0.408. The maximum absolute atomic E-state index is 5.12. The molecule has 1 unspecified atom stereocenters. The zero-order chi connectivity index (χ0) is 12.8. The van der Waals surface area contributed by atoms with Gasteiger partial charge in [-0.05, 0) is 26.2 Å². The molecule has 1 rings (SSSR count). The number of imidazole rings is 1. The Kier molecular flexibility index (Phi) is 5.48. The van der Waals surface area contributed by atoms with Crippen LogP contribution in [-0.2, 0) is 4.74 Å². The second kappa shape index (κ2) is 6.64. The van der Waals surface area contributed by atoms with Gasteiger partial charge in [0.1, 0.15) is 0 Å². The van der Waals surface area contributed by atoms with E-state index in [-0.39, 0.29) is 0 Å². The van der Waals surface area contributed by atoms with Crippen LogP contribution >= 0.6 is 0 Å². The standard InChI is InChI=1S/C13H25N3O/c1-10(2)8-14-13-15-11(3)9-16(13)12(4)6-7-17-5/h9-10,12H,6-8H2,1-5H3,(H,14,15). The summed E-state index contributed by atoms with van der Waals surface area (Å²) in [6.45, 7) is 10.3. The third kappa shape index (κ3) is 4.38. The molecular formula is C13H25N3O. The van der Waals surface area contributed by atoms with Crippen molar-refractivity contribution in [3.05, 3.63) is 11.9 Å². The SMILES string of the molecule is COCCC(C)n1cc(C)nc1NCC(C)C. The van der Waals surface area contributed by atoms with Crippen molar-refractivity contribution in [3.8, 4) is 0 Å². The highest BCUT2D eigenvalue weighted by atomic mass is 16.5. The summed E-state index contributed by atoms with van der Waals surface area (Å²) in [7, 11) is 1.74. The van der Waals surface area contributed by atoms with Gasteiger partial charge in [-0.15, -0.1) is 0 Å². The fraction of sp³-hybridized carbons (Fsp3) is 0.769. The summed E-state index contributed by atoms with van der Waals surface area (Å²) in [6.07, 6.45) is 3.10. The van der Waals surface area contributed by atoms with Gasteiger partial charge in [-0.2, -0.15) is 0 Å². The first-order chi connectivity index (χ1) is 8.04. The minimum atomic E-state index is 0.408. The van der Waals surface area contributed by atoms with Crippen molar-refractivity contribution in [3.63, 3.8) is 0 Å². The van der Waals surface area contributed by atoms with Gasteiger partial charge in [0, 0.05) is 32.5 Å². The van der Waals surface area contributed by atoms with Gasteiger partial charge in [0.25, 0.3) is 0 Å². The van der Waals surface area contributed by atoms with Gasteiger partial charge in [-0.1, -0.05) is 13.8 Å². The van der Waals surface area contributed by atoms with Crippen LogP contribution in [0, 0.1) is 12.8 Å². The van der Waals surface area contributed by atoms with E-state index in [0.29, 0.717) is 12.0 Å². The lowest BCUT2D eigenvalue weighted by Gasteiger charge is -2.17. The number of anilines is 1. The highest BCUT2D eigenvalue weighted by molar-refractivity contribution is 5.29. The quantitative estimate of drug-likeness (QED) is 0.795. The zero-order valence-corrected chi connectivity index (χ0v) is 11.7. The molecule has 0 fully saturated rings. The Morgan fingerprint density at radius 2 is 2.12 bits per heavy atom. The molecule has 1 heterocycles. The van der Waals surface area contributed by atoms with Crippen LogP contribution in [-0.4, -0.2) is 29.8 Å². The number of aromatic nitrogens is 2. The van der Waals surface area contributed by atoms with Crippen LogP contribution < -0.4 is 5.32 Å². The van der Waals surface area contributed by atoms with Gasteiger partial charge in [0.05, 0.1) is 5.69 Å². The van der Waals surface area contributed by atoms with Crippen LogP contribution in [0.15, 0.2) is 6.20 Å². The molecule has 1 N–H and O–H groups in total. The number of rotatable bonds is 7. The molecule has 0 spiro atoms. The third-order valence-corrected chi connectivity index (χ3v) is 2.74. The average Bonchev–Trinajstić information content (AvgIpc) is 2.64. The van der Waals surface area contributed by atoms with Crippen molar-refractivity contribution in [2.24, 2.45) is 5.92 Å². The lowest BCUT2D eigenvalue weighted by molar-refractivity contribution is 0.181. The van der Waals surface area contributed by atoms with E-state index in [1.54, 1.807) is 7.11 Å². The summed E-state index contributed by atoms with van der Waals surface area (Å²) >= 11 is 0. The van der Waals surface area contributed by atoms with Gasteiger partial charge in [0.2, 0.25) is 5.95 Å². The van der Waals surface area contributed by atoms with E-state index in [0.717, 1.165) is 31.2 Å². The van der Waals surface area contributed by atoms with Crippen molar-refractivity contribution in [2.75, 3.05) is 25.6 Å². The molecule has 1 atom stereocenters. The first kappa shape index (κ1) is 14.0. The number of nitrogens with one attached hydrogen (secondary N) is 1. The topological polar surface area (TPSA) is 39.1 Å².